The van der Waals surface area contributed by atoms with Gasteiger partial charge in [-0.25, -0.2) is 10.4 Å². The molecule has 0 saturated heterocycles. The van der Waals surface area contributed by atoms with Crippen LogP contribution >= 0.6 is 0 Å². The number of likely N-dealkylation sites (N-methyl/N-ethyl adjacent to an activating group) is 2. The molecule has 2 atom stereocenters. The molecule has 3 aromatic rings. The van der Waals surface area contributed by atoms with Gasteiger partial charge in [-0.2, -0.15) is 0 Å². The van der Waals surface area contributed by atoms with Gasteiger partial charge in [-0.05, 0) is 23.1 Å². The zero-order valence-corrected chi connectivity index (χ0v) is 19.1. The quantitative estimate of drug-likeness (QED) is 0.438. The molecule has 0 aliphatic carbocycles. The minimum atomic E-state index is -0.997. The van der Waals surface area contributed by atoms with Gasteiger partial charge in [0.1, 0.15) is 12.1 Å². The largest absolute Gasteiger partial charge is 0.480 e. The van der Waals surface area contributed by atoms with Gasteiger partial charge < -0.3 is 10.0 Å². The number of benzene rings is 3. The van der Waals surface area contributed by atoms with Gasteiger partial charge in [0, 0.05) is 20.1 Å². The van der Waals surface area contributed by atoms with Crippen LogP contribution in [0.1, 0.15) is 29.7 Å². The van der Waals surface area contributed by atoms with Crippen molar-refractivity contribution in [2.45, 2.75) is 32.0 Å². The predicted octanol–water partition coefficient (Wildman–Crippen LogP) is 3.91. The van der Waals surface area contributed by atoms with E-state index in [9.17, 15) is 14.7 Å². The van der Waals surface area contributed by atoms with Gasteiger partial charge >= 0.3 is 5.97 Å². The number of rotatable bonds is 11. The number of nitrogens with zero attached hydrogens (tertiary/aromatic N) is 2. The zero-order chi connectivity index (χ0) is 23.6. The minimum Gasteiger partial charge on any atom is -0.480 e. The first kappa shape index (κ1) is 24.2. The van der Waals surface area contributed by atoms with Crippen molar-refractivity contribution in [3.8, 4) is 0 Å². The number of hydrogen-bond acceptors (Lipinski definition) is 4. The van der Waals surface area contributed by atoms with E-state index in [1.165, 1.54) is 0 Å². The predicted molar refractivity (Wildman–Crippen MR) is 129 cm³/mol. The van der Waals surface area contributed by atoms with Crippen molar-refractivity contribution in [2.75, 3.05) is 13.6 Å². The zero-order valence-electron chi connectivity index (χ0n) is 19.1. The Morgan fingerprint density at radius 2 is 1.36 bits per heavy atom. The summed E-state index contributed by atoms with van der Waals surface area (Å²) < 4.78 is 0. The summed E-state index contributed by atoms with van der Waals surface area (Å²) in [7, 11) is 1.78. The van der Waals surface area contributed by atoms with Crippen molar-refractivity contribution in [1.82, 2.24) is 15.3 Å². The Morgan fingerprint density at radius 3 is 1.88 bits per heavy atom. The van der Waals surface area contributed by atoms with Gasteiger partial charge in [0.25, 0.3) is 0 Å². The molecule has 33 heavy (non-hydrogen) atoms. The average molecular weight is 446 g/mol. The molecule has 3 aromatic carbocycles. The fourth-order valence-electron chi connectivity index (χ4n) is 3.84. The summed E-state index contributed by atoms with van der Waals surface area (Å²) >= 11 is 0. The van der Waals surface area contributed by atoms with E-state index in [4.69, 9.17) is 0 Å². The number of aliphatic carboxylic acids is 1. The smallest absolute Gasteiger partial charge is 0.326 e. The molecule has 1 amide bonds. The molecule has 3 rings (SSSR count). The van der Waals surface area contributed by atoms with Gasteiger partial charge in [-0.3, -0.25) is 9.59 Å². The summed E-state index contributed by atoms with van der Waals surface area (Å²) in [6.45, 7) is 2.85. The van der Waals surface area contributed by atoms with Crippen molar-refractivity contribution in [3.63, 3.8) is 0 Å². The number of carbonyl (C=O) groups excluding carboxylic acids is 1. The van der Waals surface area contributed by atoms with Crippen molar-refractivity contribution in [3.05, 3.63) is 108 Å². The number of carboxylic acids is 1. The Hall–Kier alpha value is -3.48. The number of nitrogens with one attached hydrogen (secondary N) is 1. The van der Waals surface area contributed by atoms with E-state index in [-0.39, 0.29) is 5.91 Å². The molecule has 0 heterocycles. The molecule has 0 spiro atoms. The Kier molecular flexibility index (Phi) is 8.75. The molecule has 6 nitrogen and oxygen atoms in total. The molecular formula is C27H31N3O3. The van der Waals surface area contributed by atoms with Gasteiger partial charge in [0.2, 0.25) is 5.91 Å². The van der Waals surface area contributed by atoms with Crippen LogP contribution < -0.4 is 5.43 Å². The molecule has 0 bridgehead atoms. The first-order valence-corrected chi connectivity index (χ1v) is 11.1. The third-order valence-electron chi connectivity index (χ3n) is 5.59. The minimum absolute atomic E-state index is 0.0748. The SMILES string of the molecule is CCN(N[C@H](C(=O)O)c1ccccc1)[C@@H](Cc1ccccc1)C(=O)N(C)Cc1ccccc1. The fraction of sp³-hybridized carbons (Fsp3) is 0.259. The fourth-order valence-corrected chi connectivity index (χ4v) is 3.84. The van der Waals surface area contributed by atoms with E-state index in [0.29, 0.717) is 25.1 Å². The highest BCUT2D eigenvalue weighted by Crippen LogP contribution is 2.18. The van der Waals surface area contributed by atoms with E-state index in [0.717, 1.165) is 11.1 Å². The molecule has 0 unspecified atom stereocenters. The monoisotopic (exact) mass is 445 g/mol. The Balaban J connectivity index is 1.87. The van der Waals surface area contributed by atoms with Crippen LogP contribution in [0.2, 0.25) is 0 Å². The lowest BCUT2D eigenvalue weighted by atomic mass is 10.0. The van der Waals surface area contributed by atoms with Crippen LogP contribution in [0.5, 0.6) is 0 Å². The highest BCUT2D eigenvalue weighted by atomic mass is 16.4. The number of hydrazine groups is 1. The second kappa shape index (κ2) is 11.9. The second-order valence-electron chi connectivity index (χ2n) is 7.98. The van der Waals surface area contributed by atoms with Crippen LogP contribution in [-0.2, 0) is 22.6 Å². The molecule has 0 saturated carbocycles. The van der Waals surface area contributed by atoms with Gasteiger partial charge in [-0.15, -0.1) is 0 Å². The summed E-state index contributed by atoms with van der Waals surface area (Å²) in [4.78, 5) is 27.4. The standard InChI is InChI=1S/C27H31N3O3/c1-3-30(28-25(27(32)33)23-17-11-6-12-18-23)24(19-21-13-7-4-8-14-21)26(31)29(2)20-22-15-9-5-10-16-22/h4-18,24-25,28H,3,19-20H2,1-2H3,(H,32,33)/t24-,25-/m0/s1. The van der Waals surface area contributed by atoms with Crippen molar-refractivity contribution < 1.29 is 14.7 Å². The summed E-state index contributed by atoms with van der Waals surface area (Å²) in [5, 5.41) is 11.7. The summed E-state index contributed by atoms with van der Waals surface area (Å²) in [6.07, 6.45) is 0.459. The Bertz CT molecular complexity index is 1010. The van der Waals surface area contributed by atoms with E-state index < -0.39 is 18.1 Å². The normalized spacial score (nSPS) is 12.8. The summed E-state index contributed by atoms with van der Waals surface area (Å²) in [5.74, 6) is -1.07. The maximum absolute atomic E-state index is 13.6. The summed E-state index contributed by atoms with van der Waals surface area (Å²) in [5.41, 5.74) is 5.80. The van der Waals surface area contributed by atoms with E-state index in [1.807, 2.05) is 85.8 Å². The first-order valence-electron chi connectivity index (χ1n) is 11.1. The molecule has 0 aromatic heterocycles. The van der Waals surface area contributed by atoms with Crippen LogP contribution in [0.3, 0.4) is 0 Å². The first-order chi connectivity index (χ1) is 16.0. The van der Waals surface area contributed by atoms with Crippen molar-refractivity contribution in [2.24, 2.45) is 0 Å². The highest BCUT2D eigenvalue weighted by molar-refractivity contribution is 5.82. The number of carbonyl (C=O) groups is 2. The van der Waals surface area contributed by atoms with Crippen molar-refractivity contribution >= 4 is 11.9 Å². The third kappa shape index (κ3) is 6.75. The lowest BCUT2D eigenvalue weighted by Crippen LogP contribution is -2.55. The molecule has 6 heteroatoms. The molecule has 0 radical (unpaired) electrons. The maximum atomic E-state index is 13.6. The van der Waals surface area contributed by atoms with Crippen LogP contribution in [-0.4, -0.2) is 46.5 Å². The van der Waals surface area contributed by atoms with Gasteiger partial charge in [0.15, 0.2) is 0 Å². The molecule has 0 aliphatic rings. The van der Waals surface area contributed by atoms with Gasteiger partial charge in [0.05, 0.1) is 0 Å². The second-order valence-corrected chi connectivity index (χ2v) is 7.98. The Morgan fingerprint density at radius 1 is 0.848 bits per heavy atom. The van der Waals surface area contributed by atoms with E-state index in [1.54, 1.807) is 29.1 Å². The van der Waals surface area contributed by atoms with Crippen molar-refractivity contribution in [1.29, 1.82) is 0 Å². The number of amides is 1. The highest BCUT2D eigenvalue weighted by Gasteiger charge is 2.31. The van der Waals surface area contributed by atoms with Gasteiger partial charge in [-0.1, -0.05) is 97.9 Å². The number of hydrogen-bond donors (Lipinski definition) is 2. The maximum Gasteiger partial charge on any atom is 0.326 e. The average Bonchev–Trinajstić information content (AvgIpc) is 2.85. The van der Waals surface area contributed by atoms with Crippen LogP contribution in [0.25, 0.3) is 0 Å². The molecule has 172 valence electrons. The van der Waals surface area contributed by atoms with E-state index in [2.05, 4.69) is 5.43 Å². The van der Waals surface area contributed by atoms with Crippen LogP contribution in [0.15, 0.2) is 91.0 Å². The van der Waals surface area contributed by atoms with E-state index >= 15 is 0 Å². The molecule has 0 aliphatic heterocycles. The molecular weight excluding hydrogens is 414 g/mol. The number of carboxylic acid groups (broad SMARTS) is 1. The molecule has 2 N–H and O–H groups in total. The van der Waals surface area contributed by atoms with Crippen LogP contribution in [0, 0.1) is 0 Å². The lowest BCUT2D eigenvalue weighted by molar-refractivity contribution is -0.145. The summed E-state index contributed by atoms with van der Waals surface area (Å²) in [6, 6.07) is 27.1. The lowest BCUT2D eigenvalue weighted by Gasteiger charge is -2.35. The molecule has 0 fully saturated rings. The third-order valence-corrected chi connectivity index (χ3v) is 5.59. The Labute approximate surface area is 195 Å². The topological polar surface area (TPSA) is 72.9 Å². The van der Waals surface area contributed by atoms with Crippen LogP contribution in [0.4, 0.5) is 0 Å².